The molecular weight excluding hydrogens is 314 g/mol. The number of nitrogens with one attached hydrogen (secondary N) is 2. The number of sulfonamides is 1. The van der Waals surface area contributed by atoms with E-state index in [9.17, 15) is 13.2 Å². The molecule has 1 amide bonds. The molecule has 116 valence electrons. The topological polar surface area (TPSA) is 78.5 Å². The maximum atomic E-state index is 12.3. The predicted octanol–water partition coefficient (Wildman–Crippen LogP) is 0.125. The van der Waals surface area contributed by atoms with Crippen molar-refractivity contribution in [3.05, 3.63) is 23.8 Å². The zero-order chi connectivity index (χ0) is 14.3. The molecule has 0 atom stereocenters. The van der Waals surface area contributed by atoms with Gasteiger partial charge in [-0.3, -0.25) is 4.79 Å². The first-order valence-corrected chi connectivity index (χ1v) is 8.10. The number of carbonyl (C=O) groups is 1. The molecule has 2 aliphatic heterocycles. The molecule has 6 nitrogen and oxygen atoms in total. The first-order chi connectivity index (χ1) is 9.53. The van der Waals surface area contributed by atoms with Crippen LogP contribution in [0, 0.1) is 5.92 Å². The van der Waals surface area contributed by atoms with Gasteiger partial charge in [-0.2, -0.15) is 0 Å². The number of amides is 1. The molecule has 1 aromatic rings. The maximum absolute atomic E-state index is 12.3. The van der Waals surface area contributed by atoms with Gasteiger partial charge in [-0.05, 0) is 31.2 Å². The van der Waals surface area contributed by atoms with Crippen molar-refractivity contribution in [1.82, 2.24) is 10.0 Å². The van der Waals surface area contributed by atoms with Crippen LogP contribution >= 0.6 is 12.4 Å². The summed E-state index contributed by atoms with van der Waals surface area (Å²) in [4.78, 5) is 14.3. The molecule has 2 N–H and O–H groups in total. The van der Waals surface area contributed by atoms with Gasteiger partial charge in [0.1, 0.15) is 0 Å². The van der Waals surface area contributed by atoms with Gasteiger partial charge in [-0.15, -0.1) is 12.4 Å². The number of anilines is 1. The van der Waals surface area contributed by atoms with E-state index in [4.69, 9.17) is 0 Å². The highest BCUT2D eigenvalue weighted by molar-refractivity contribution is 7.89. The fourth-order valence-corrected chi connectivity index (χ4v) is 3.31. The third-order valence-electron chi connectivity index (χ3n) is 3.93. The Morgan fingerprint density at radius 2 is 2.10 bits per heavy atom. The quantitative estimate of drug-likeness (QED) is 0.825. The average molecular weight is 332 g/mol. The number of rotatable bonds is 3. The number of nitrogens with zero attached hydrogens (tertiary/aromatic N) is 1. The molecule has 8 heteroatoms. The third-order valence-corrected chi connectivity index (χ3v) is 5.34. The SMILES string of the molecule is CNS(=O)(=O)c1ccc2c(c1)N(C(=O)C1CNC1)CC2.Cl. The van der Waals surface area contributed by atoms with Crippen molar-refractivity contribution in [2.75, 3.05) is 31.6 Å². The Labute approximate surface area is 130 Å². The van der Waals surface area contributed by atoms with E-state index in [1.807, 2.05) is 0 Å². The van der Waals surface area contributed by atoms with Crippen molar-refractivity contribution >= 4 is 34.0 Å². The first-order valence-electron chi connectivity index (χ1n) is 6.61. The molecular formula is C13H18ClN3O3S. The molecule has 21 heavy (non-hydrogen) atoms. The van der Waals surface area contributed by atoms with Gasteiger partial charge in [-0.1, -0.05) is 6.07 Å². The molecule has 0 saturated carbocycles. The van der Waals surface area contributed by atoms with Crippen LogP contribution < -0.4 is 14.9 Å². The average Bonchev–Trinajstić information content (AvgIpc) is 2.79. The molecule has 1 aromatic carbocycles. The van der Waals surface area contributed by atoms with E-state index in [0.717, 1.165) is 17.7 Å². The Hall–Kier alpha value is -1.15. The molecule has 3 rings (SSSR count). The Bertz CT molecular complexity index is 659. The van der Waals surface area contributed by atoms with Crippen molar-refractivity contribution in [3.63, 3.8) is 0 Å². The van der Waals surface area contributed by atoms with Crippen LogP contribution in [0.3, 0.4) is 0 Å². The number of hydrogen-bond acceptors (Lipinski definition) is 4. The zero-order valence-electron chi connectivity index (χ0n) is 11.6. The van der Waals surface area contributed by atoms with Crippen molar-refractivity contribution < 1.29 is 13.2 Å². The molecule has 0 spiro atoms. The smallest absolute Gasteiger partial charge is 0.240 e. The highest BCUT2D eigenvalue weighted by Crippen LogP contribution is 2.31. The highest BCUT2D eigenvalue weighted by Gasteiger charge is 2.33. The molecule has 2 aliphatic rings. The number of halogens is 1. The summed E-state index contributed by atoms with van der Waals surface area (Å²) in [5.41, 5.74) is 1.76. The fourth-order valence-electron chi connectivity index (χ4n) is 2.56. The Morgan fingerprint density at radius 1 is 1.38 bits per heavy atom. The minimum absolute atomic E-state index is 0. The van der Waals surface area contributed by atoms with Gasteiger partial charge in [0.15, 0.2) is 0 Å². The lowest BCUT2D eigenvalue weighted by Crippen LogP contribution is -2.51. The zero-order valence-corrected chi connectivity index (χ0v) is 13.3. The molecule has 1 saturated heterocycles. The minimum atomic E-state index is -3.48. The van der Waals surface area contributed by atoms with Crippen LogP contribution in [0.5, 0.6) is 0 Å². The molecule has 0 aliphatic carbocycles. The highest BCUT2D eigenvalue weighted by atomic mass is 35.5. The van der Waals surface area contributed by atoms with Gasteiger partial charge >= 0.3 is 0 Å². The number of fused-ring (bicyclic) bond motifs is 1. The monoisotopic (exact) mass is 331 g/mol. The lowest BCUT2D eigenvalue weighted by molar-refractivity contribution is -0.123. The maximum Gasteiger partial charge on any atom is 0.240 e. The number of carbonyl (C=O) groups excluding carboxylic acids is 1. The van der Waals surface area contributed by atoms with Gasteiger partial charge in [0.05, 0.1) is 10.8 Å². The van der Waals surface area contributed by atoms with Crippen LogP contribution in [0.25, 0.3) is 0 Å². The van der Waals surface area contributed by atoms with Gasteiger partial charge < -0.3 is 10.2 Å². The van der Waals surface area contributed by atoms with Crippen molar-refractivity contribution in [2.24, 2.45) is 5.92 Å². The summed E-state index contributed by atoms with van der Waals surface area (Å²) < 4.78 is 26.0. The molecule has 2 heterocycles. The van der Waals surface area contributed by atoms with E-state index in [0.29, 0.717) is 19.6 Å². The fraction of sp³-hybridized carbons (Fsp3) is 0.462. The van der Waals surface area contributed by atoms with E-state index in [-0.39, 0.29) is 29.1 Å². The Morgan fingerprint density at radius 3 is 2.67 bits per heavy atom. The molecule has 0 bridgehead atoms. The lowest BCUT2D eigenvalue weighted by atomic mass is 10.0. The summed E-state index contributed by atoms with van der Waals surface area (Å²) in [6.07, 6.45) is 0.779. The molecule has 0 unspecified atom stereocenters. The van der Waals surface area contributed by atoms with Gasteiger partial charge in [-0.25, -0.2) is 13.1 Å². The van der Waals surface area contributed by atoms with Gasteiger partial charge in [0, 0.05) is 25.3 Å². The summed E-state index contributed by atoms with van der Waals surface area (Å²) in [6, 6.07) is 4.98. The number of benzene rings is 1. The summed E-state index contributed by atoms with van der Waals surface area (Å²) in [5, 5.41) is 3.08. The summed E-state index contributed by atoms with van der Waals surface area (Å²) >= 11 is 0. The van der Waals surface area contributed by atoms with E-state index in [1.54, 1.807) is 23.1 Å². The second-order valence-corrected chi connectivity index (χ2v) is 6.98. The minimum Gasteiger partial charge on any atom is -0.315 e. The van der Waals surface area contributed by atoms with Crippen LogP contribution in [0.2, 0.25) is 0 Å². The Kier molecular flexibility index (Phi) is 4.57. The normalized spacial score (nSPS) is 17.9. The lowest BCUT2D eigenvalue weighted by Gasteiger charge is -2.30. The summed E-state index contributed by atoms with van der Waals surface area (Å²) in [6.45, 7) is 2.05. The van der Waals surface area contributed by atoms with Crippen LogP contribution in [0.1, 0.15) is 5.56 Å². The van der Waals surface area contributed by atoms with E-state index < -0.39 is 10.0 Å². The second kappa shape index (κ2) is 5.92. The van der Waals surface area contributed by atoms with Crippen LogP contribution in [0.4, 0.5) is 5.69 Å². The van der Waals surface area contributed by atoms with E-state index >= 15 is 0 Å². The molecule has 0 aromatic heterocycles. The third kappa shape index (κ3) is 2.78. The van der Waals surface area contributed by atoms with Crippen molar-refractivity contribution in [2.45, 2.75) is 11.3 Å². The van der Waals surface area contributed by atoms with Gasteiger partial charge in [0.25, 0.3) is 0 Å². The standard InChI is InChI=1S/C13H17N3O3S.ClH/c1-14-20(18,19)11-3-2-9-4-5-16(12(9)6-11)13(17)10-7-15-8-10;/h2-3,6,10,14-15H,4-5,7-8H2,1H3;1H. The second-order valence-electron chi connectivity index (χ2n) is 5.09. The van der Waals surface area contributed by atoms with Crippen LogP contribution in [-0.4, -0.2) is 41.0 Å². The van der Waals surface area contributed by atoms with Crippen LogP contribution in [-0.2, 0) is 21.2 Å². The van der Waals surface area contributed by atoms with E-state index in [1.165, 1.54) is 7.05 Å². The van der Waals surface area contributed by atoms with E-state index in [2.05, 4.69) is 10.0 Å². The Balaban J connectivity index is 0.00000161. The number of hydrogen-bond donors (Lipinski definition) is 2. The summed E-state index contributed by atoms with van der Waals surface area (Å²) in [5.74, 6) is 0.104. The van der Waals surface area contributed by atoms with Crippen molar-refractivity contribution in [1.29, 1.82) is 0 Å². The molecule has 0 radical (unpaired) electrons. The first kappa shape index (κ1) is 16.2. The summed E-state index contributed by atoms with van der Waals surface area (Å²) in [7, 11) is -2.10. The molecule has 1 fully saturated rings. The largest absolute Gasteiger partial charge is 0.315 e. The van der Waals surface area contributed by atoms with Crippen LogP contribution in [0.15, 0.2) is 23.1 Å². The predicted molar refractivity (Wildman–Crippen MR) is 82.4 cm³/mol. The van der Waals surface area contributed by atoms with Gasteiger partial charge in [0.2, 0.25) is 15.9 Å². The van der Waals surface area contributed by atoms with Crippen molar-refractivity contribution in [3.8, 4) is 0 Å².